The van der Waals surface area contributed by atoms with Crippen molar-refractivity contribution in [3.05, 3.63) is 39.4 Å². The summed E-state index contributed by atoms with van der Waals surface area (Å²) in [6.07, 6.45) is -4.54. The van der Waals surface area contributed by atoms with Crippen LogP contribution in [0.4, 0.5) is 18.9 Å². The molecule has 0 amide bonds. The van der Waals surface area contributed by atoms with Crippen molar-refractivity contribution < 1.29 is 18.1 Å². The lowest BCUT2D eigenvalue weighted by molar-refractivity contribution is -0.385. The number of benzene rings is 1. The van der Waals surface area contributed by atoms with Gasteiger partial charge in [-0.3, -0.25) is 10.1 Å². The summed E-state index contributed by atoms with van der Waals surface area (Å²) in [7, 11) is 0. The van der Waals surface area contributed by atoms with Gasteiger partial charge in [-0.05, 0) is 18.6 Å². The fourth-order valence-corrected chi connectivity index (χ4v) is 1.03. The van der Waals surface area contributed by atoms with Gasteiger partial charge in [0.05, 0.1) is 10.5 Å². The molecule has 76 valence electrons. The van der Waals surface area contributed by atoms with Gasteiger partial charge in [-0.2, -0.15) is 13.2 Å². The molecule has 0 fully saturated rings. The van der Waals surface area contributed by atoms with Crippen LogP contribution in [0.15, 0.2) is 18.2 Å². The van der Waals surface area contributed by atoms with Crippen LogP contribution in [0.3, 0.4) is 0 Å². The van der Waals surface area contributed by atoms with Crippen LogP contribution in [-0.2, 0) is 6.18 Å². The van der Waals surface area contributed by atoms with Crippen molar-refractivity contribution >= 4 is 5.69 Å². The molecule has 0 bridgehead atoms. The highest BCUT2D eigenvalue weighted by atomic mass is 19.4. The van der Waals surface area contributed by atoms with Crippen LogP contribution in [0.2, 0.25) is 0 Å². The zero-order valence-corrected chi connectivity index (χ0v) is 7.13. The van der Waals surface area contributed by atoms with Crippen LogP contribution in [0, 0.1) is 17.0 Å². The van der Waals surface area contributed by atoms with Crippen LogP contribution in [0.25, 0.3) is 0 Å². The SMILES string of the molecule is Cc1cc([N+](=O)[O-])cc(C(F)(F)F)c1. The Morgan fingerprint density at radius 1 is 1.29 bits per heavy atom. The van der Waals surface area contributed by atoms with Crippen molar-refractivity contribution in [2.45, 2.75) is 13.1 Å². The third-order valence-corrected chi connectivity index (χ3v) is 1.60. The van der Waals surface area contributed by atoms with Crippen LogP contribution in [-0.4, -0.2) is 4.92 Å². The van der Waals surface area contributed by atoms with Gasteiger partial charge in [0.25, 0.3) is 5.69 Å². The lowest BCUT2D eigenvalue weighted by atomic mass is 10.1. The Morgan fingerprint density at radius 2 is 1.86 bits per heavy atom. The molecule has 1 rings (SSSR count). The highest BCUT2D eigenvalue weighted by Crippen LogP contribution is 2.32. The van der Waals surface area contributed by atoms with E-state index < -0.39 is 22.4 Å². The molecule has 0 saturated heterocycles. The van der Waals surface area contributed by atoms with Crippen molar-refractivity contribution in [1.29, 1.82) is 0 Å². The largest absolute Gasteiger partial charge is 0.416 e. The van der Waals surface area contributed by atoms with Crippen molar-refractivity contribution in [2.75, 3.05) is 0 Å². The molecule has 0 N–H and O–H groups in total. The van der Waals surface area contributed by atoms with E-state index in [0.29, 0.717) is 6.07 Å². The molecule has 0 aliphatic carbocycles. The van der Waals surface area contributed by atoms with Crippen molar-refractivity contribution in [3.63, 3.8) is 0 Å². The van der Waals surface area contributed by atoms with Gasteiger partial charge in [0.1, 0.15) is 0 Å². The fraction of sp³-hybridized carbons (Fsp3) is 0.250. The minimum atomic E-state index is -4.54. The Bertz CT molecular complexity index is 373. The topological polar surface area (TPSA) is 43.1 Å². The molecule has 0 radical (unpaired) electrons. The van der Waals surface area contributed by atoms with Gasteiger partial charge in [0.15, 0.2) is 0 Å². The van der Waals surface area contributed by atoms with Crippen molar-refractivity contribution in [1.82, 2.24) is 0 Å². The van der Waals surface area contributed by atoms with Gasteiger partial charge in [-0.1, -0.05) is 0 Å². The first-order valence-electron chi connectivity index (χ1n) is 3.64. The quantitative estimate of drug-likeness (QED) is 0.522. The van der Waals surface area contributed by atoms with Gasteiger partial charge in [0.2, 0.25) is 0 Å². The first kappa shape index (κ1) is 10.5. The maximum absolute atomic E-state index is 12.2. The monoisotopic (exact) mass is 205 g/mol. The zero-order chi connectivity index (χ0) is 10.9. The van der Waals surface area contributed by atoms with E-state index in [-0.39, 0.29) is 5.56 Å². The average Bonchev–Trinajstić information content (AvgIpc) is 2.01. The van der Waals surface area contributed by atoms with Crippen LogP contribution >= 0.6 is 0 Å². The lowest BCUT2D eigenvalue weighted by Crippen LogP contribution is -2.06. The third-order valence-electron chi connectivity index (χ3n) is 1.60. The third kappa shape index (κ3) is 2.21. The van der Waals surface area contributed by atoms with E-state index in [2.05, 4.69) is 0 Å². The first-order valence-corrected chi connectivity index (χ1v) is 3.64. The predicted molar refractivity (Wildman–Crippen MR) is 42.8 cm³/mol. The predicted octanol–water partition coefficient (Wildman–Crippen LogP) is 2.92. The summed E-state index contributed by atoms with van der Waals surface area (Å²) in [6.45, 7) is 1.38. The van der Waals surface area contributed by atoms with Crippen LogP contribution in [0.1, 0.15) is 11.1 Å². The molecule has 0 aliphatic rings. The van der Waals surface area contributed by atoms with Crippen LogP contribution < -0.4 is 0 Å². The van der Waals surface area contributed by atoms with Gasteiger partial charge in [-0.25, -0.2) is 0 Å². The smallest absolute Gasteiger partial charge is 0.258 e. The van der Waals surface area contributed by atoms with Crippen molar-refractivity contribution in [2.24, 2.45) is 0 Å². The number of nitro benzene ring substituents is 1. The highest BCUT2D eigenvalue weighted by Gasteiger charge is 2.32. The molecule has 1 aromatic carbocycles. The summed E-state index contributed by atoms with van der Waals surface area (Å²) in [6, 6.07) is 2.48. The van der Waals surface area contributed by atoms with Gasteiger partial charge in [-0.15, -0.1) is 0 Å². The van der Waals surface area contributed by atoms with E-state index in [0.717, 1.165) is 12.1 Å². The number of rotatable bonds is 1. The molecule has 0 spiro atoms. The van der Waals surface area contributed by atoms with E-state index in [1.807, 2.05) is 0 Å². The Hall–Kier alpha value is -1.59. The average molecular weight is 205 g/mol. The summed E-state index contributed by atoms with van der Waals surface area (Å²) in [4.78, 5) is 9.43. The molecule has 0 unspecified atom stereocenters. The maximum atomic E-state index is 12.2. The molecule has 0 atom stereocenters. The number of non-ortho nitro benzene ring substituents is 1. The first-order chi connectivity index (χ1) is 6.30. The Labute approximate surface area is 77.3 Å². The molecule has 1 aromatic rings. The normalized spacial score (nSPS) is 11.4. The molecule has 0 saturated carbocycles. The molecule has 0 aliphatic heterocycles. The summed E-state index contributed by atoms with van der Waals surface area (Å²) >= 11 is 0. The number of hydrogen-bond acceptors (Lipinski definition) is 2. The number of nitrogens with zero attached hydrogens (tertiary/aromatic N) is 1. The van der Waals surface area contributed by atoms with Crippen LogP contribution in [0.5, 0.6) is 0 Å². The van der Waals surface area contributed by atoms with E-state index in [9.17, 15) is 23.3 Å². The van der Waals surface area contributed by atoms with E-state index in [1.54, 1.807) is 0 Å². The minimum absolute atomic E-state index is 0.214. The van der Waals surface area contributed by atoms with E-state index in [1.165, 1.54) is 6.92 Å². The minimum Gasteiger partial charge on any atom is -0.258 e. The Kier molecular flexibility index (Phi) is 2.46. The molecule has 14 heavy (non-hydrogen) atoms. The summed E-state index contributed by atoms with van der Waals surface area (Å²) in [5.41, 5.74) is -1.33. The Morgan fingerprint density at radius 3 is 2.29 bits per heavy atom. The maximum Gasteiger partial charge on any atom is 0.416 e. The zero-order valence-electron chi connectivity index (χ0n) is 7.13. The van der Waals surface area contributed by atoms with E-state index >= 15 is 0 Å². The summed E-state index contributed by atoms with van der Waals surface area (Å²) < 4.78 is 36.6. The summed E-state index contributed by atoms with van der Waals surface area (Å²) in [5.74, 6) is 0. The molecule has 3 nitrogen and oxygen atoms in total. The fourth-order valence-electron chi connectivity index (χ4n) is 1.03. The molecule has 0 aromatic heterocycles. The van der Waals surface area contributed by atoms with Gasteiger partial charge < -0.3 is 0 Å². The molecule has 6 heteroatoms. The highest BCUT2D eigenvalue weighted by molar-refractivity contribution is 5.39. The second kappa shape index (κ2) is 3.28. The number of nitro groups is 1. The molecular weight excluding hydrogens is 199 g/mol. The number of aryl methyl sites for hydroxylation is 1. The number of hydrogen-bond donors (Lipinski definition) is 0. The Balaban J connectivity index is 3.28. The van der Waals surface area contributed by atoms with Gasteiger partial charge in [0, 0.05) is 12.1 Å². The number of alkyl halides is 3. The second-order valence-corrected chi connectivity index (χ2v) is 2.81. The molecule has 0 heterocycles. The van der Waals surface area contributed by atoms with Crippen molar-refractivity contribution in [3.8, 4) is 0 Å². The second-order valence-electron chi connectivity index (χ2n) is 2.81. The number of halogens is 3. The molecular formula is C8H6F3NO2. The van der Waals surface area contributed by atoms with E-state index in [4.69, 9.17) is 0 Å². The standard InChI is InChI=1S/C8H6F3NO2/c1-5-2-6(8(9,10)11)4-7(3-5)12(13)14/h2-4H,1H3. The summed E-state index contributed by atoms with van der Waals surface area (Å²) in [5, 5.41) is 10.3. The lowest BCUT2D eigenvalue weighted by Gasteiger charge is -2.06. The van der Waals surface area contributed by atoms with Gasteiger partial charge >= 0.3 is 6.18 Å².